The van der Waals surface area contributed by atoms with Gasteiger partial charge in [0, 0.05) is 43.8 Å². The van der Waals surface area contributed by atoms with Crippen molar-refractivity contribution in [3.8, 4) is 17.2 Å². The Labute approximate surface area is 208 Å². The Kier molecular flexibility index (Phi) is 8.18. The molecular weight excluding hydrogens is 440 g/mol. The van der Waals surface area contributed by atoms with Gasteiger partial charge in [-0.2, -0.15) is 0 Å². The molecule has 7 heteroatoms. The first-order valence-electron chi connectivity index (χ1n) is 12.4. The second kappa shape index (κ2) is 11.5. The van der Waals surface area contributed by atoms with Gasteiger partial charge in [-0.15, -0.1) is 0 Å². The number of rotatable bonds is 10. The first kappa shape index (κ1) is 24.9. The van der Waals surface area contributed by atoms with E-state index in [9.17, 15) is 0 Å². The Morgan fingerprint density at radius 2 is 1.60 bits per heavy atom. The van der Waals surface area contributed by atoms with Crippen molar-refractivity contribution in [2.75, 3.05) is 52.2 Å². The van der Waals surface area contributed by atoms with Gasteiger partial charge < -0.3 is 29.7 Å². The van der Waals surface area contributed by atoms with E-state index in [4.69, 9.17) is 19.2 Å². The summed E-state index contributed by atoms with van der Waals surface area (Å²) in [6.07, 6.45) is 4.72. The molecule has 1 saturated carbocycles. The van der Waals surface area contributed by atoms with Crippen molar-refractivity contribution in [3.05, 3.63) is 48.0 Å². The minimum atomic E-state index is 0.463. The lowest BCUT2D eigenvalue weighted by atomic mass is 9.86. The minimum Gasteiger partial charge on any atom is -0.493 e. The monoisotopic (exact) mass is 478 g/mol. The fraction of sp³-hybridized carbons (Fsp3) is 0.464. The second-order valence-electron chi connectivity index (χ2n) is 9.46. The van der Waals surface area contributed by atoms with Crippen molar-refractivity contribution in [2.24, 2.45) is 5.92 Å². The highest BCUT2D eigenvalue weighted by Gasteiger charge is 2.22. The topological polar surface area (TPSA) is 67.9 Å². The van der Waals surface area contributed by atoms with Crippen LogP contribution in [-0.2, 0) is 6.54 Å². The molecule has 0 amide bonds. The number of methoxy groups -OCH3 is 3. The van der Waals surface area contributed by atoms with Gasteiger partial charge in [-0.05, 0) is 61.9 Å². The highest BCUT2D eigenvalue weighted by atomic mass is 16.5. The van der Waals surface area contributed by atoms with E-state index in [1.807, 2.05) is 12.1 Å². The van der Waals surface area contributed by atoms with Crippen LogP contribution in [0.1, 0.15) is 31.2 Å². The molecule has 2 aromatic carbocycles. The first-order chi connectivity index (χ1) is 17.0. The number of anilines is 2. The lowest BCUT2D eigenvalue weighted by Crippen LogP contribution is -2.31. The third kappa shape index (κ3) is 5.90. The van der Waals surface area contributed by atoms with Crippen LogP contribution in [0, 0.1) is 5.92 Å². The zero-order chi connectivity index (χ0) is 24.8. The van der Waals surface area contributed by atoms with E-state index in [1.165, 1.54) is 23.9 Å². The molecule has 0 spiro atoms. The van der Waals surface area contributed by atoms with Gasteiger partial charge >= 0.3 is 0 Å². The Hall–Kier alpha value is -3.19. The molecule has 0 atom stereocenters. The normalized spacial score (nSPS) is 17.7. The summed E-state index contributed by atoms with van der Waals surface area (Å²) in [6.45, 7) is 1.77. The zero-order valence-corrected chi connectivity index (χ0v) is 21.6. The van der Waals surface area contributed by atoms with Crippen LogP contribution < -0.4 is 29.7 Å². The molecule has 1 aromatic heterocycles. The standard InChI is InChI=1S/C28H38N4O3/c1-32(2)24-16-27(31-23-9-7-6-8-22(23)24)30-21-12-10-19(11-13-21)17-29-18-20-14-25(33-3)28(35-5)26(15-20)34-4/h6-9,14-16,19,21,29H,10-13,17-18H2,1-5H3,(H,30,31)/t19-,21+. The number of hydrogen-bond acceptors (Lipinski definition) is 7. The number of pyridine rings is 1. The van der Waals surface area contributed by atoms with Gasteiger partial charge in [-0.1, -0.05) is 18.2 Å². The summed E-state index contributed by atoms with van der Waals surface area (Å²) in [5, 5.41) is 8.52. The minimum absolute atomic E-state index is 0.463. The highest BCUT2D eigenvalue weighted by Crippen LogP contribution is 2.38. The molecule has 0 aliphatic heterocycles. The van der Waals surface area contributed by atoms with Crippen LogP contribution in [0.5, 0.6) is 17.2 Å². The summed E-state index contributed by atoms with van der Waals surface area (Å²) in [5.74, 6) is 3.65. The molecule has 4 rings (SSSR count). The van der Waals surface area contributed by atoms with Gasteiger partial charge in [0.15, 0.2) is 11.5 Å². The van der Waals surface area contributed by atoms with E-state index in [0.717, 1.165) is 42.8 Å². The van der Waals surface area contributed by atoms with Crippen LogP contribution in [0.25, 0.3) is 10.9 Å². The summed E-state index contributed by atoms with van der Waals surface area (Å²) in [4.78, 5) is 7.03. The van der Waals surface area contributed by atoms with Gasteiger partial charge in [0.05, 0.1) is 26.8 Å². The zero-order valence-electron chi connectivity index (χ0n) is 21.6. The molecule has 3 aromatic rings. The largest absolute Gasteiger partial charge is 0.493 e. The third-order valence-electron chi connectivity index (χ3n) is 6.86. The number of aromatic nitrogens is 1. The Morgan fingerprint density at radius 1 is 0.914 bits per heavy atom. The maximum Gasteiger partial charge on any atom is 0.203 e. The van der Waals surface area contributed by atoms with Crippen molar-refractivity contribution in [1.29, 1.82) is 0 Å². The highest BCUT2D eigenvalue weighted by molar-refractivity contribution is 5.93. The van der Waals surface area contributed by atoms with Gasteiger partial charge in [-0.25, -0.2) is 4.98 Å². The third-order valence-corrected chi connectivity index (χ3v) is 6.86. The maximum absolute atomic E-state index is 5.47. The number of hydrogen-bond donors (Lipinski definition) is 2. The second-order valence-corrected chi connectivity index (χ2v) is 9.46. The van der Waals surface area contributed by atoms with Gasteiger partial charge in [0.2, 0.25) is 5.75 Å². The van der Waals surface area contributed by atoms with Crippen LogP contribution in [0.3, 0.4) is 0 Å². The quantitative estimate of drug-likeness (QED) is 0.421. The molecule has 0 unspecified atom stereocenters. The van der Waals surface area contributed by atoms with Crippen molar-refractivity contribution < 1.29 is 14.2 Å². The van der Waals surface area contributed by atoms with Crippen molar-refractivity contribution in [1.82, 2.24) is 10.3 Å². The predicted molar refractivity (Wildman–Crippen MR) is 143 cm³/mol. The van der Waals surface area contributed by atoms with Crippen LogP contribution in [0.4, 0.5) is 11.5 Å². The fourth-order valence-corrected chi connectivity index (χ4v) is 4.98. The Balaban J connectivity index is 1.29. The molecular formula is C28H38N4O3. The van der Waals surface area contributed by atoms with Crippen LogP contribution >= 0.6 is 0 Å². The average molecular weight is 479 g/mol. The van der Waals surface area contributed by atoms with Crippen molar-refractivity contribution >= 4 is 22.4 Å². The van der Waals surface area contributed by atoms with E-state index in [0.29, 0.717) is 29.2 Å². The molecule has 35 heavy (non-hydrogen) atoms. The Morgan fingerprint density at radius 3 is 2.23 bits per heavy atom. The molecule has 1 heterocycles. The summed E-state index contributed by atoms with van der Waals surface area (Å²) in [5.41, 5.74) is 3.35. The van der Waals surface area contributed by atoms with Gasteiger partial charge in [0.1, 0.15) is 5.82 Å². The number of para-hydroxylation sites is 1. The average Bonchev–Trinajstić information content (AvgIpc) is 2.88. The maximum atomic E-state index is 5.47. The van der Waals surface area contributed by atoms with E-state index in [1.54, 1.807) is 21.3 Å². The number of ether oxygens (including phenoxy) is 3. The first-order valence-corrected chi connectivity index (χ1v) is 12.4. The molecule has 7 nitrogen and oxygen atoms in total. The van der Waals surface area contributed by atoms with E-state index < -0.39 is 0 Å². The molecule has 1 aliphatic carbocycles. The summed E-state index contributed by atoms with van der Waals surface area (Å²) >= 11 is 0. The molecule has 0 saturated heterocycles. The van der Waals surface area contributed by atoms with Crippen LogP contribution in [-0.4, -0.2) is 53.0 Å². The molecule has 2 N–H and O–H groups in total. The Bertz CT molecular complexity index is 1100. The summed E-state index contributed by atoms with van der Waals surface area (Å²) in [6, 6.07) is 15.0. The van der Waals surface area contributed by atoms with Crippen molar-refractivity contribution in [3.63, 3.8) is 0 Å². The molecule has 0 bridgehead atoms. The summed E-state index contributed by atoms with van der Waals surface area (Å²) in [7, 11) is 9.09. The lowest BCUT2D eigenvalue weighted by molar-refractivity contribution is 0.320. The lowest BCUT2D eigenvalue weighted by Gasteiger charge is -2.30. The number of benzene rings is 2. The van der Waals surface area contributed by atoms with Crippen LogP contribution in [0.2, 0.25) is 0 Å². The molecule has 1 aliphatic rings. The smallest absolute Gasteiger partial charge is 0.203 e. The molecule has 188 valence electrons. The van der Waals surface area contributed by atoms with E-state index in [-0.39, 0.29) is 0 Å². The molecule has 0 radical (unpaired) electrons. The van der Waals surface area contributed by atoms with Gasteiger partial charge in [0.25, 0.3) is 0 Å². The number of nitrogens with one attached hydrogen (secondary N) is 2. The molecule has 1 fully saturated rings. The van der Waals surface area contributed by atoms with Crippen LogP contribution in [0.15, 0.2) is 42.5 Å². The summed E-state index contributed by atoms with van der Waals surface area (Å²) < 4.78 is 16.4. The van der Waals surface area contributed by atoms with Crippen molar-refractivity contribution in [2.45, 2.75) is 38.3 Å². The van der Waals surface area contributed by atoms with Gasteiger partial charge in [-0.3, -0.25) is 0 Å². The number of fused-ring (bicyclic) bond motifs is 1. The number of nitrogens with zero attached hydrogens (tertiary/aromatic N) is 2. The van der Waals surface area contributed by atoms with E-state index >= 15 is 0 Å². The van der Waals surface area contributed by atoms with E-state index in [2.05, 4.69) is 60.0 Å². The fourth-order valence-electron chi connectivity index (χ4n) is 4.98. The SMILES string of the molecule is COc1cc(CNC[C@H]2CC[C@@H](Nc3cc(N(C)C)c4ccccc4n3)CC2)cc(OC)c1OC. The predicted octanol–water partition coefficient (Wildman–Crippen LogP) is 5.09.